The number of fused-ring (bicyclic) bond motifs is 1. The van der Waals surface area contributed by atoms with Crippen LogP contribution in [0.2, 0.25) is 0 Å². The van der Waals surface area contributed by atoms with Crippen molar-refractivity contribution in [3.8, 4) is 22.5 Å². The Kier molecular flexibility index (Phi) is 4.12. The molecule has 0 atom stereocenters. The number of aromatic nitrogens is 3. The van der Waals surface area contributed by atoms with Crippen molar-refractivity contribution < 1.29 is 0 Å². The molecule has 5 aromatic rings. The summed E-state index contributed by atoms with van der Waals surface area (Å²) in [7, 11) is 0. The highest BCUT2D eigenvalue weighted by molar-refractivity contribution is 7.16. The van der Waals surface area contributed by atoms with Crippen LogP contribution >= 0.6 is 22.7 Å². The van der Waals surface area contributed by atoms with E-state index in [9.17, 15) is 0 Å². The molecule has 0 radical (unpaired) electrons. The predicted molar refractivity (Wildman–Crippen MR) is 114 cm³/mol. The van der Waals surface area contributed by atoms with Gasteiger partial charge < -0.3 is 5.32 Å². The van der Waals surface area contributed by atoms with Gasteiger partial charge in [0.25, 0.3) is 0 Å². The number of nitrogens with zero attached hydrogens (tertiary/aromatic N) is 3. The van der Waals surface area contributed by atoms with Gasteiger partial charge in [0.05, 0.1) is 11.4 Å². The lowest BCUT2D eigenvalue weighted by Gasteiger charge is -2.01. The van der Waals surface area contributed by atoms with Gasteiger partial charge in [-0.1, -0.05) is 36.4 Å². The van der Waals surface area contributed by atoms with Crippen LogP contribution in [0.1, 0.15) is 0 Å². The highest BCUT2D eigenvalue weighted by Crippen LogP contribution is 2.31. The smallest absolute Gasteiger partial charge is 0.189 e. The molecule has 0 spiro atoms. The highest BCUT2D eigenvalue weighted by Gasteiger charge is 2.09. The minimum atomic E-state index is 0.827. The first-order valence-corrected chi connectivity index (χ1v) is 10.2. The summed E-state index contributed by atoms with van der Waals surface area (Å²) in [6, 6.07) is 18.7. The fraction of sp³-hybridized carbons (Fsp3) is 0. The number of hydrogen-bond donors (Lipinski definition) is 1. The molecule has 0 aliphatic carbocycles. The van der Waals surface area contributed by atoms with E-state index in [0.29, 0.717) is 0 Å². The standard InChI is InChI=1S/C21H14N4S2/c1-2-5-15-10-16(8-7-14(15)4-1)18-12-26-20(23-18)25-21-24-19(13-27-21)17-6-3-9-22-11-17/h1-13H,(H,23,24,25). The van der Waals surface area contributed by atoms with Crippen molar-refractivity contribution in [1.82, 2.24) is 15.0 Å². The molecule has 5 rings (SSSR count). The quantitative estimate of drug-likeness (QED) is 0.398. The maximum absolute atomic E-state index is 4.73. The molecule has 0 aliphatic rings. The topological polar surface area (TPSA) is 50.7 Å². The van der Waals surface area contributed by atoms with Crippen LogP contribution in [0, 0.1) is 0 Å². The average Bonchev–Trinajstić information content (AvgIpc) is 3.38. The van der Waals surface area contributed by atoms with Crippen molar-refractivity contribution in [3.05, 3.63) is 77.8 Å². The second-order valence-corrected chi connectivity index (χ2v) is 7.72. The van der Waals surface area contributed by atoms with Crippen molar-refractivity contribution in [2.75, 3.05) is 5.32 Å². The van der Waals surface area contributed by atoms with Gasteiger partial charge in [-0.3, -0.25) is 4.98 Å². The van der Waals surface area contributed by atoms with E-state index in [2.05, 4.69) is 63.1 Å². The van der Waals surface area contributed by atoms with Crippen molar-refractivity contribution >= 4 is 43.7 Å². The maximum Gasteiger partial charge on any atom is 0.189 e. The van der Waals surface area contributed by atoms with Gasteiger partial charge in [-0.15, -0.1) is 22.7 Å². The summed E-state index contributed by atoms with van der Waals surface area (Å²) in [6.45, 7) is 0. The molecular formula is C21H14N4S2. The zero-order valence-corrected chi connectivity index (χ0v) is 15.8. The number of anilines is 2. The lowest BCUT2D eigenvalue weighted by Crippen LogP contribution is -1.89. The molecule has 0 saturated carbocycles. The zero-order valence-electron chi connectivity index (χ0n) is 14.2. The van der Waals surface area contributed by atoms with E-state index >= 15 is 0 Å². The molecule has 6 heteroatoms. The zero-order chi connectivity index (χ0) is 18.1. The molecule has 2 aromatic carbocycles. The van der Waals surface area contributed by atoms with Gasteiger partial charge in [0.2, 0.25) is 0 Å². The van der Waals surface area contributed by atoms with Crippen LogP contribution < -0.4 is 5.32 Å². The lowest BCUT2D eigenvalue weighted by molar-refractivity contribution is 1.30. The number of hydrogen-bond acceptors (Lipinski definition) is 6. The van der Waals surface area contributed by atoms with E-state index in [1.165, 1.54) is 10.8 Å². The fourth-order valence-corrected chi connectivity index (χ4v) is 4.38. The monoisotopic (exact) mass is 386 g/mol. The van der Waals surface area contributed by atoms with Crippen LogP contribution in [0.15, 0.2) is 77.8 Å². The van der Waals surface area contributed by atoms with E-state index in [4.69, 9.17) is 4.98 Å². The van der Waals surface area contributed by atoms with Crippen molar-refractivity contribution in [3.63, 3.8) is 0 Å². The van der Waals surface area contributed by atoms with E-state index in [-0.39, 0.29) is 0 Å². The molecule has 0 saturated heterocycles. The van der Waals surface area contributed by atoms with E-state index in [1.807, 2.05) is 23.7 Å². The van der Waals surface area contributed by atoms with Gasteiger partial charge in [-0.25, -0.2) is 9.97 Å². The van der Waals surface area contributed by atoms with Crippen LogP contribution in [-0.4, -0.2) is 15.0 Å². The first-order valence-electron chi connectivity index (χ1n) is 8.43. The molecule has 0 unspecified atom stereocenters. The summed E-state index contributed by atoms with van der Waals surface area (Å²) in [4.78, 5) is 13.5. The Labute approximate surface area is 164 Å². The summed E-state index contributed by atoms with van der Waals surface area (Å²) in [6.07, 6.45) is 3.58. The Morgan fingerprint density at radius 1 is 0.704 bits per heavy atom. The van der Waals surface area contributed by atoms with E-state index in [1.54, 1.807) is 28.9 Å². The number of rotatable bonds is 4. The predicted octanol–water partition coefficient (Wildman–Crippen LogP) is 6.23. The average molecular weight is 387 g/mol. The Morgan fingerprint density at radius 3 is 2.19 bits per heavy atom. The Hall–Kier alpha value is -3.09. The largest absolute Gasteiger partial charge is 0.307 e. The minimum absolute atomic E-state index is 0.827. The van der Waals surface area contributed by atoms with Gasteiger partial charge in [0.15, 0.2) is 10.3 Å². The van der Waals surface area contributed by atoms with Crippen molar-refractivity contribution in [2.24, 2.45) is 0 Å². The number of pyridine rings is 1. The number of nitrogens with one attached hydrogen (secondary N) is 1. The summed E-state index contributed by atoms with van der Waals surface area (Å²) in [5, 5.41) is 11.5. The van der Waals surface area contributed by atoms with Crippen molar-refractivity contribution in [1.29, 1.82) is 0 Å². The molecule has 3 aromatic heterocycles. The molecule has 3 heterocycles. The molecule has 4 nitrogen and oxygen atoms in total. The summed E-state index contributed by atoms with van der Waals surface area (Å²) < 4.78 is 0. The molecule has 27 heavy (non-hydrogen) atoms. The second kappa shape index (κ2) is 6.90. The number of thiazole rings is 2. The molecule has 0 fully saturated rings. The van der Waals surface area contributed by atoms with Gasteiger partial charge in [0.1, 0.15) is 0 Å². The maximum atomic E-state index is 4.73. The molecular weight excluding hydrogens is 372 g/mol. The van der Waals surface area contributed by atoms with Crippen LogP contribution in [0.5, 0.6) is 0 Å². The molecule has 130 valence electrons. The third-order valence-corrected chi connectivity index (χ3v) is 5.74. The normalized spacial score (nSPS) is 11.0. The lowest BCUT2D eigenvalue weighted by atomic mass is 10.1. The molecule has 1 N–H and O–H groups in total. The first-order chi connectivity index (χ1) is 13.3. The van der Waals surface area contributed by atoms with Crippen LogP contribution in [-0.2, 0) is 0 Å². The van der Waals surface area contributed by atoms with Crippen molar-refractivity contribution in [2.45, 2.75) is 0 Å². The summed E-state index contributed by atoms with van der Waals surface area (Å²) in [5.74, 6) is 0. The molecule has 0 bridgehead atoms. The summed E-state index contributed by atoms with van der Waals surface area (Å²) >= 11 is 3.14. The van der Waals surface area contributed by atoms with Crippen LogP contribution in [0.3, 0.4) is 0 Å². The minimum Gasteiger partial charge on any atom is -0.307 e. The first kappa shape index (κ1) is 16.1. The second-order valence-electron chi connectivity index (χ2n) is 6.00. The SMILES string of the molecule is c1cncc(-c2csc(Nc3nc(-c4ccc5ccccc5c4)cs3)n2)c1. The highest BCUT2D eigenvalue weighted by atomic mass is 32.1. The van der Waals surface area contributed by atoms with Crippen LogP contribution in [0.4, 0.5) is 10.3 Å². The van der Waals surface area contributed by atoms with Gasteiger partial charge in [-0.05, 0) is 29.0 Å². The van der Waals surface area contributed by atoms with Crippen LogP contribution in [0.25, 0.3) is 33.3 Å². The van der Waals surface area contributed by atoms with E-state index < -0.39 is 0 Å². The Balaban J connectivity index is 1.38. The summed E-state index contributed by atoms with van der Waals surface area (Å²) in [5.41, 5.74) is 4.02. The van der Waals surface area contributed by atoms with E-state index in [0.717, 1.165) is 32.8 Å². The third kappa shape index (κ3) is 3.32. The Morgan fingerprint density at radius 2 is 1.44 bits per heavy atom. The Bertz CT molecular complexity index is 1210. The number of benzene rings is 2. The van der Waals surface area contributed by atoms with Gasteiger partial charge in [0, 0.05) is 34.3 Å². The molecule has 0 amide bonds. The third-order valence-electron chi connectivity index (χ3n) is 4.22. The fourth-order valence-electron chi connectivity index (χ4n) is 2.88. The van der Waals surface area contributed by atoms with Gasteiger partial charge >= 0.3 is 0 Å². The molecule has 0 aliphatic heterocycles. The van der Waals surface area contributed by atoms with Gasteiger partial charge in [-0.2, -0.15) is 0 Å².